The van der Waals surface area contributed by atoms with Crippen LogP contribution in [-0.2, 0) is 28.5 Å². The van der Waals surface area contributed by atoms with Gasteiger partial charge in [0.2, 0.25) is 12.6 Å². The highest BCUT2D eigenvalue weighted by atomic mass is 16.7. The molecule has 8 aliphatic carbocycles. The third-order valence-corrected chi connectivity index (χ3v) is 21.8. The van der Waals surface area contributed by atoms with Crippen LogP contribution < -0.4 is 0 Å². The maximum Gasteiger partial charge on any atom is 0.314 e. The van der Waals surface area contributed by atoms with E-state index in [4.69, 9.17) is 18.9 Å². The average Bonchev–Trinajstić information content (AvgIpc) is 3.59. The minimum Gasteiger partial charge on any atom is -0.432 e. The summed E-state index contributed by atoms with van der Waals surface area (Å²) in [6, 6.07) is 0. The first-order chi connectivity index (χ1) is 31.8. The first-order valence-corrected chi connectivity index (χ1v) is 25.9. The number of hydrogen-bond acceptors (Lipinski definition) is 15. The summed E-state index contributed by atoms with van der Waals surface area (Å²) < 4.78 is 22.3. The molecule has 0 aromatic carbocycles. The van der Waals surface area contributed by atoms with Gasteiger partial charge in [0, 0.05) is 0 Å². The van der Waals surface area contributed by atoms with Crippen molar-refractivity contribution < 1.29 is 74.5 Å². The third kappa shape index (κ3) is 7.98. The molecule has 9 N–H and O–H groups in total. The van der Waals surface area contributed by atoms with Crippen LogP contribution in [0.3, 0.4) is 0 Å². The summed E-state index contributed by atoms with van der Waals surface area (Å²) in [4.78, 5) is 27.4. The Kier molecular flexibility index (Phi) is 14.0. The van der Waals surface area contributed by atoms with Crippen molar-refractivity contribution in [1.82, 2.24) is 0 Å². The van der Waals surface area contributed by atoms with Gasteiger partial charge in [-0.2, -0.15) is 0 Å². The molecule has 0 amide bonds. The maximum absolute atomic E-state index is 13.7. The number of allylic oxidation sites excluding steroid dienone is 1. The molecule has 0 radical (unpaired) electrons. The highest BCUT2D eigenvalue weighted by molar-refractivity contribution is 5.78. The predicted molar refractivity (Wildman–Crippen MR) is 252 cm³/mol. The fourth-order valence-electron chi connectivity index (χ4n) is 18.3. The van der Waals surface area contributed by atoms with Gasteiger partial charge in [0.25, 0.3) is 0 Å². The van der Waals surface area contributed by atoms with E-state index in [9.17, 15) is 55.5 Å². The van der Waals surface area contributed by atoms with Crippen LogP contribution in [0.2, 0.25) is 0 Å². The Balaban J connectivity index is 0.000000183. The number of carbonyl (C=O) groups excluding carboxylic acids is 2. The first-order valence-electron chi connectivity index (χ1n) is 25.9. The van der Waals surface area contributed by atoms with E-state index in [1.807, 2.05) is 13.8 Å². The van der Waals surface area contributed by atoms with Crippen molar-refractivity contribution >= 4 is 11.9 Å². The second-order valence-corrected chi connectivity index (χ2v) is 25.4. The molecule has 2 saturated heterocycles. The fraction of sp³-hybridized carbons (Fsp3) is 0.889. The van der Waals surface area contributed by atoms with E-state index in [-0.39, 0.29) is 40.9 Å². The van der Waals surface area contributed by atoms with E-state index >= 15 is 0 Å². The van der Waals surface area contributed by atoms with Crippen molar-refractivity contribution in [3.8, 4) is 0 Å². The van der Waals surface area contributed by atoms with Crippen molar-refractivity contribution in [3.05, 3.63) is 24.3 Å². The Bertz CT molecular complexity index is 1860. The van der Waals surface area contributed by atoms with E-state index in [1.54, 1.807) is 0 Å². The summed E-state index contributed by atoms with van der Waals surface area (Å²) in [5, 5.41) is 91.2. The first kappa shape index (κ1) is 53.3. The summed E-state index contributed by atoms with van der Waals surface area (Å²) in [5.41, 5.74) is 0.719. The number of fused-ring (bicyclic) bond motifs is 6. The van der Waals surface area contributed by atoms with E-state index in [0.29, 0.717) is 30.1 Å². The second kappa shape index (κ2) is 18.1. The molecule has 10 rings (SSSR count). The van der Waals surface area contributed by atoms with Crippen LogP contribution in [0.4, 0.5) is 0 Å². The van der Waals surface area contributed by atoms with Crippen molar-refractivity contribution in [2.45, 2.75) is 225 Å². The standard InChI is InChI=1S/C27H42O7.C26H40O8.CH4/c1-15-12-27-11-7-17-25(3,18(27)6-10-24(15,2)14-27)8-5-9-26(17,4)23(32)34-22-21(31)20(30)19(29)16(13-28)33-22;1-14-11-25-9-5-16-23(2,17(25)6-10-26(14,32)13-25)7-4-8-24(16,3)22(31)34-21-20(30)19(29)18(28)15(12-27)33-21;/h16-22,28-31H,1,5-14H2,2-4H3;15-21,27-30,32H,1,4-13H2,2-3H3;1H4/t16?,17-,18-,19?,20?,21?,22?,24+,25+,26+,27+;15?,16-,17-,18?,19?,20?,21?,23+,24+,25+,26-;/m00./s1. The van der Waals surface area contributed by atoms with Gasteiger partial charge < -0.3 is 64.9 Å². The van der Waals surface area contributed by atoms with Gasteiger partial charge in [-0.15, -0.1) is 0 Å². The van der Waals surface area contributed by atoms with Crippen LogP contribution in [0.25, 0.3) is 0 Å². The lowest BCUT2D eigenvalue weighted by Crippen LogP contribution is -2.62. The highest BCUT2D eigenvalue weighted by Gasteiger charge is 2.70. The molecule has 22 atom stereocenters. The third-order valence-electron chi connectivity index (χ3n) is 21.8. The average molecular weight is 975 g/mol. The molecule has 10 unspecified atom stereocenters. The molecule has 392 valence electrons. The molecule has 10 aliphatic rings. The van der Waals surface area contributed by atoms with E-state index in [1.165, 1.54) is 24.8 Å². The minimum atomic E-state index is -1.60. The van der Waals surface area contributed by atoms with E-state index < -0.39 is 103 Å². The van der Waals surface area contributed by atoms with Crippen LogP contribution in [0.5, 0.6) is 0 Å². The van der Waals surface area contributed by atoms with Crippen LogP contribution in [0.15, 0.2) is 24.3 Å². The molecule has 8 saturated carbocycles. The summed E-state index contributed by atoms with van der Waals surface area (Å²) in [6.45, 7) is 18.6. The minimum absolute atomic E-state index is 0. The smallest absolute Gasteiger partial charge is 0.314 e. The van der Waals surface area contributed by atoms with E-state index in [0.717, 1.165) is 89.0 Å². The largest absolute Gasteiger partial charge is 0.432 e. The Morgan fingerprint density at radius 2 is 0.957 bits per heavy atom. The van der Waals surface area contributed by atoms with Crippen LogP contribution in [0, 0.1) is 61.6 Å². The molecule has 15 heteroatoms. The summed E-state index contributed by atoms with van der Waals surface area (Å²) in [5.74, 6) is 0.331. The lowest BCUT2D eigenvalue weighted by molar-refractivity contribution is -0.298. The Morgan fingerprint density at radius 1 is 0.551 bits per heavy atom. The van der Waals surface area contributed by atoms with Crippen molar-refractivity contribution in [2.24, 2.45) is 61.6 Å². The lowest BCUT2D eigenvalue weighted by atomic mass is 9.40. The number of esters is 2. The molecule has 0 aromatic rings. The highest BCUT2D eigenvalue weighted by Crippen LogP contribution is 2.76. The molecular formula is C54H86O15. The Morgan fingerprint density at radius 3 is 1.41 bits per heavy atom. The van der Waals surface area contributed by atoms with Crippen molar-refractivity contribution in [3.63, 3.8) is 0 Å². The fourth-order valence-corrected chi connectivity index (χ4v) is 18.3. The Hall–Kier alpha value is -2.02. The van der Waals surface area contributed by atoms with E-state index in [2.05, 4.69) is 33.9 Å². The molecule has 2 heterocycles. The molecule has 2 spiro atoms. The number of hydrogen-bond donors (Lipinski definition) is 9. The topological polar surface area (TPSA) is 253 Å². The number of rotatable bonds is 6. The zero-order chi connectivity index (χ0) is 49.4. The van der Waals surface area contributed by atoms with Gasteiger partial charge in [-0.25, -0.2) is 0 Å². The number of carbonyl (C=O) groups is 2. The summed E-state index contributed by atoms with van der Waals surface area (Å²) in [7, 11) is 0. The molecule has 4 bridgehead atoms. The van der Waals surface area contributed by atoms with Crippen LogP contribution >= 0.6 is 0 Å². The van der Waals surface area contributed by atoms with Gasteiger partial charge in [-0.1, -0.05) is 59.8 Å². The summed E-state index contributed by atoms with van der Waals surface area (Å²) in [6.07, 6.45) is 2.83. The molecular weight excluding hydrogens is 889 g/mol. The molecule has 10 fully saturated rings. The lowest BCUT2D eigenvalue weighted by Gasteiger charge is -2.64. The van der Waals surface area contributed by atoms with Crippen LogP contribution in [-0.4, -0.2) is 138 Å². The number of aliphatic hydroxyl groups is 9. The zero-order valence-electron chi connectivity index (χ0n) is 41.1. The van der Waals surface area contributed by atoms with Gasteiger partial charge in [0.05, 0.1) is 29.6 Å². The number of ether oxygens (including phenoxy) is 4. The maximum atomic E-state index is 13.7. The van der Waals surface area contributed by atoms with Gasteiger partial charge in [0.15, 0.2) is 0 Å². The van der Waals surface area contributed by atoms with Crippen molar-refractivity contribution in [1.29, 1.82) is 0 Å². The molecule has 15 nitrogen and oxygen atoms in total. The zero-order valence-corrected chi connectivity index (χ0v) is 41.1. The monoisotopic (exact) mass is 975 g/mol. The van der Waals surface area contributed by atoms with Crippen molar-refractivity contribution in [2.75, 3.05) is 13.2 Å². The van der Waals surface area contributed by atoms with Gasteiger partial charge in [-0.05, 0) is 173 Å². The molecule has 69 heavy (non-hydrogen) atoms. The van der Waals surface area contributed by atoms with Gasteiger partial charge in [-0.3, -0.25) is 9.59 Å². The molecule has 0 aromatic heterocycles. The SMILES string of the molecule is C.C=C1C[C@@]23CC[C@H]4[C@@](C)(CCC[C@@]4(C)C(=O)OC4OC(CO)C(O)C(O)C4O)[C@@H]2CC[C@]1(C)C3.C=C1C[C@@]23CC[C@H]4[C@@](C)(CCC[C@@]4(C)C(=O)OC4OC(CO)C(O)C(O)C4O)[C@@H]2CC[C@]1(O)C3. The normalized spacial score (nSPS) is 54.0. The quantitative estimate of drug-likeness (QED) is 0.129. The van der Waals surface area contributed by atoms with Gasteiger partial charge >= 0.3 is 11.9 Å². The summed E-state index contributed by atoms with van der Waals surface area (Å²) >= 11 is 0. The number of aliphatic hydroxyl groups excluding tert-OH is 8. The molecule has 2 aliphatic heterocycles. The predicted octanol–water partition coefficient (Wildman–Crippen LogP) is 4.74. The Labute approximate surface area is 409 Å². The van der Waals surface area contributed by atoms with Gasteiger partial charge in [0.1, 0.15) is 48.8 Å². The van der Waals surface area contributed by atoms with Crippen LogP contribution in [0.1, 0.15) is 158 Å². The second-order valence-electron chi connectivity index (χ2n) is 25.4.